The summed E-state index contributed by atoms with van der Waals surface area (Å²) in [6.45, 7) is 3.50. The monoisotopic (exact) mass is 494 g/mol. The second-order valence-electron chi connectivity index (χ2n) is 7.48. The van der Waals surface area contributed by atoms with Gasteiger partial charge in [-0.3, -0.25) is 4.79 Å². The summed E-state index contributed by atoms with van der Waals surface area (Å²) in [5.74, 6) is 0.457. The van der Waals surface area contributed by atoms with E-state index in [1.165, 1.54) is 10.9 Å². The van der Waals surface area contributed by atoms with Gasteiger partial charge in [0.1, 0.15) is 22.6 Å². The smallest absolute Gasteiger partial charge is 0.343 e. The number of para-hydroxylation sites is 1. The third kappa shape index (κ3) is 5.20. The van der Waals surface area contributed by atoms with Crippen molar-refractivity contribution in [2.45, 2.75) is 13.8 Å². The van der Waals surface area contributed by atoms with Crippen LogP contribution in [0.25, 0.3) is 16.7 Å². The molecule has 0 saturated carbocycles. The summed E-state index contributed by atoms with van der Waals surface area (Å²) >= 11 is 5.88. The lowest BCUT2D eigenvalue weighted by atomic mass is 10.1. The molecule has 2 aromatic carbocycles. The van der Waals surface area contributed by atoms with E-state index in [-0.39, 0.29) is 24.6 Å². The number of halogens is 1. The average molecular weight is 495 g/mol. The number of carbonyl (C=O) groups is 2. The van der Waals surface area contributed by atoms with Crippen LogP contribution in [0.15, 0.2) is 54.7 Å². The predicted molar refractivity (Wildman–Crippen MR) is 132 cm³/mol. The molecule has 35 heavy (non-hydrogen) atoms. The van der Waals surface area contributed by atoms with Crippen molar-refractivity contribution < 1.29 is 23.8 Å². The van der Waals surface area contributed by atoms with Crippen LogP contribution in [0.1, 0.15) is 22.8 Å². The zero-order chi connectivity index (χ0) is 24.9. The predicted octanol–water partition coefficient (Wildman–Crippen LogP) is 4.59. The molecule has 9 nitrogen and oxygen atoms in total. The summed E-state index contributed by atoms with van der Waals surface area (Å²) in [5.41, 5.74) is 1.63. The summed E-state index contributed by atoms with van der Waals surface area (Å²) < 4.78 is 17.5. The van der Waals surface area contributed by atoms with E-state index in [0.717, 1.165) is 10.9 Å². The molecule has 0 bridgehead atoms. The van der Waals surface area contributed by atoms with Crippen molar-refractivity contribution in [2.24, 2.45) is 0 Å². The molecule has 2 aromatic heterocycles. The van der Waals surface area contributed by atoms with Gasteiger partial charge >= 0.3 is 5.97 Å². The van der Waals surface area contributed by atoms with Gasteiger partial charge in [-0.2, -0.15) is 9.78 Å². The van der Waals surface area contributed by atoms with Gasteiger partial charge in [-0.1, -0.05) is 23.7 Å². The molecule has 0 atom stereocenters. The lowest BCUT2D eigenvalue weighted by Gasteiger charge is -2.13. The van der Waals surface area contributed by atoms with Crippen molar-refractivity contribution in [1.29, 1.82) is 0 Å². The van der Waals surface area contributed by atoms with Crippen LogP contribution in [0.2, 0.25) is 5.02 Å². The van der Waals surface area contributed by atoms with E-state index in [0.29, 0.717) is 27.9 Å². The highest BCUT2D eigenvalue weighted by molar-refractivity contribution is 6.30. The summed E-state index contributed by atoms with van der Waals surface area (Å²) in [5, 5.41) is 8.49. The van der Waals surface area contributed by atoms with Crippen molar-refractivity contribution in [1.82, 2.24) is 14.8 Å². The van der Waals surface area contributed by atoms with Crippen LogP contribution in [0.5, 0.6) is 11.5 Å². The number of hydrogen-bond acceptors (Lipinski definition) is 7. The van der Waals surface area contributed by atoms with Gasteiger partial charge in [0.05, 0.1) is 19.9 Å². The first-order valence-corrected chi connectivity index (χ1v) is 11.2. The van der Waals surface area contributed by atoms with Crippen LogP contribution in [0, 0.1) is 6.92 Å². The number of nitrogens with one attached hydrogen (secondary N) is 1. The average Bonchev–Trinajstić information content (AvgIpc) is 3.27. The van der Waals surface area contributed by atoms with Crippen LogP contribution in [-0.4, -0.2) is 47.0 Å². The number of anilines is 1. The van der Waals surface area contributed by atoms with E-state index in [1.54, 1.807) is 38.3 Å². The highest BCUT2D eigenvalue weighted by Gasteiger charge is 2.23. The summed E-state index contributed by atoms with van der Waals surface area (Å²) in [6.07, 6.45) is 1.33. The number of rotatable bonds is 8. The molecule has 180 valence electrons. The molecule has 0 fully saturated rings. The van der Waals surface area contributed by atoms with E-state index >= 15 is 0 Å². The number of ether oxygens (including phenoxy) is 3. The van der Waals surface area contributed by atoms with Gasteiger partial charge in [0, 0.05) is 10.4 Å². The Kier molecular flexibility index (Phi) is 7.17. The number of nitrogens with zero attached hydrogens (tertiary/aromatic N) is 3. The molecule has 0 radical (unpaired) electrons. The van der Waals surface area contributed by atoms with Crippen molar-refractivity contribution in [3.05, 3.63) is 70.9 Å². The molecule has 4 rings (SSSR count). The third-order valence-corrected chi connectivity index (χ3v) is 5.39. The first kappa shape index (κ1) is 24.0. The Morgan fingerprint density at radius 3 is 2.63 bits per heavy atom. The van der Waals surface area contributed by atoms with Gasteiger partial charge in [-0.05, 0) is 55.8 Å². The zero-order valence-corrected chi connectivity index (χ0v) is 20.1. The Morgan fingerprint density at radius 1 is 1.14 bits per heavy atom. The minimum Gasteiger partial charge on any atom is -0.494 e. The number of hydrogen-bond donors (Lipinski definition) is 1. The first-order valence-electron chi connectivity index (χ1n) is 10.8. The Balaban J connectivity index is 1.69. The topological polar surface area (TPSA) is 105 Å². The number of carbonyl (C=O) groups excluding carboxylic acids is 2. The maximum atomic E-state index is 12.8. The molecule has 4 aromatic rings. The molecule has 0 unspecified atom stereocenters. The number of esters is 1. The third-order valence-electron chi connectivity index (χ3n) is 5.14. The normalized spacial score (nSPS) is 10.7. The van der Waals surface area contributed by atoms with Crippen molar-refractivity contribution in [2.75, 3.05) is 25.6 Å². The second kappa shape index (κ2) is 10.4. The SMILES string of the molecule is CCOC(=O)c1cnn(-c2cc(C)c3cccc(OC)c3n2)c1NC(=O)COc1ccc(Cl)cc1. The fraction of sp³-hybridized carbons (Fsp3) is 0.200. The van der Waals surface area contributed by atoms with Crippen LogP contribution in [-0.2, 0) is 9.53 Å². The molecular formula is C25H23ClN4O5. The standard InChI is InChI=1S/C25H23ClN4O5/c1-4-34-25(32)19-13-27-30(21-12-15(2)18-6-5-7-20(33-3)23(18)28-21)24(19)29-22(31)14-35-17-10-8-16(26)9-11-17/h5-13H,4,14H2,1-3H3,(H,29,31). The first-order chi connectivity index (χ1) is 16.9. The number of methoxy groups -OCH3 is 1. The number of aryl methyl sites for hydroxylation is 1. The van der Waals surface area contributed by atoms with Gasteiger partial charge in [-0.15, -0.1) is 0 Å². The Bertz CT molecular complexity index is 1380. The second-order valence-corrected chi connectivity index (χ2v) is 7.92. The Morgan fingerprint density at radius 2 is 1.91 bits per heavy atom. The molecule has 0 aliphatic heterocycles. The minimum atomic E-state index is -0.622. The van der Waals surface area contributed by atoms with Crippen LogP contribution in [0.3, 0.4) is 0 Å². The van der Waals surface area contributed by atoms with Gasteiger partial charge < -0.3 is 19.5 Å². The zero-order valence-electron chi connectivity index (χ0n) is 19.4. The Labute approximate surface area is 206 Å². The molecule has 1 amide bonds. The lowest BCUT2D eigenvalue weighted by Crippen LogP contribution is -2.23. The Hall–Kier alpha value is -4.11. The van der Waals surface area contributed by atoms with Crippen molar-refractivity contribution >= 4 is 40.2 Å². The van der Waals surface area contributed by atoms with E-state index in [1.807, 2.05) is 31.2 Å². The molecular weight excluding hydrogens is 472 g/mol. The molecule has 0 spiro atoms. The highest BCUT2D eigenvalue weighted by atomic mass is 35.5. The van der Waals surface area contributed by atoms with Crippen LogP contribution < -0.4 is 14.8 Å². The molecule has 2 heterocycles. The maximum absolute atomic E-state index is 12.8. The largest absolute Gasteiger partial charge is 0.494 e. The number of pyridine rings is 1. The molecule has 1 N–H and O–H groups in total. The van der Waals surface area contributed by atoms with Gasteiger partial charge in [0.2, 0.25) is 0 Å². The van der Waals surface area contributed by atoms with Gasteiger partial charge in [-0.25, -0.2) is 9.78 Å². The molecule has 10 heteroatoms. The summed E-state index contributed by atoms with van der Waals surface area (Å²) in [7, 11) is 1.57. The molecule has 0 saturated heterocycles. The number of fused-ring (bicyclic) bond motifs is 1. The highest BCUT2D eigenvalue weighted by Crippen LogP contribution is 2.29. The van der Waals surface area contributed by atoms with Crippen molar-refractivity contribution in [3.8, 4) is 17.3 Å². The fourth-order valence-corrected chi connectivity index (χ4v) is 3.62. The molecule has 0 aliphatic rings. The number of benzene rings is 2. The van der Waals surface area contributed by atoms with E-state index in [4.69, 9.17) is 30.8 Å². The fourth-order valence-electron chi connectivity index (χ4n) is 3.50. The van der Waals surface area contributed by atoms with E-state index in [2.05, 4.69) is 10.4 Å². The molecule has 0 aliphatic carbocycles. The quantitative estimate of drug-likeness (QED) is 0.357. The van der Waals surface area contributed by atoms with Gasteiger partial charge in [0.25, 0.3) is 5.91 Å². The lowest BCUT2D eigenvalue weighted by molar-refractivity contribution is -0.118. The maximum Gasteiger partial charge on any atom is 0.343 e. The van der Waals surface area contributed by atoms with E-state index < -0.39 is 11.9 Å². The van der Waals surface area contributed by atoms with Crippen molar-refractivity contribution in [3.63, 3.8) is 0 Å². The van der Waals surface area contributed by atoms with Crippen LogP contribution >= 0.6 is 11.6 Å². The minimum absolute atomic E-state index is 0.0891. The summed E-state index contributed by atoms with van der Waals surface area (Å²) in [6, 6.07) is 14.1. The van der Waals surface area contributed by atoms with E-state index in [9.17, 15) is 9.59 Å². The summed E-state index contributed by atoms with van der Waals surface area (Å²) in [4.78, 5) is 30.0. The van der Waals surface area contributed by atoms with Gasteiger partial charge in [0.15, 0.2) is 18.2 Å². The number of aromatic nitrogens is 3. The van der Waals surface area contributed by atoms with Crippen LogP contribution in [0.4, 0.5) is 5.82 Å². The number of amides is 1.